The molecule has 1 aromatic rings. The number of urea groups is 1. The minimum atomic E-state index is -0.412. The number of methoxy groups -OCH3 is 2. The average Bonchev–Trinajstić information content (AvgIpc) is 3.21. The van der Waals surface area contributed by atoms with E-state index in [1.807, 2.05) is 18.2 Å². The maximum absolute atomic E-state index is 12.5. The minimum Gasteiger partial charge on any atom is -0.497 e. The zero-order valence-electron chi connectivity index (χ0n) is 18.1. The highest BCUT2D eigenvalue weighted by Crippen LogP contribution is 2.31. The van der Waals surface area contributed by atoms with Crippen molar-refractivity contribution in [3.63, 3.8) is 0 Å². The van der Waals surface area contributed by atoms with Crippen LogP contribution in [-0.2, 0) is 4.79 Å². The lowest BCUT2D eigenvalue weighted by Crippen LogP contribution is -3.11. The normalized spacial score (nSPS) is 20.9. The van der Waals surface area contributed by atoms with Crippen LogP contribution in [0.25, 0.3) is 0 Å². The molecule has 1 saturated heterocycles. The lowest BCUT2D eigenvalue weighted by molar-refractivity contribution is -0.910. The van der Waals surface area contributed by atoms with Gasteiger partial charge < -0.3 is 19.7 Å². The molecule has 2 aliphatic rings. The molecule has 3 rings (SSSR count). The monoisotopic (exact) mass is 416 g/mol. The quantitative estimate of drug-likeness (QED) is 0.567. The predicted octanol–water partition coefficient (Wildman–Crippen LogP) is 2.14. The third-order valence-electron chi connectivity index (χ3n) is 6.05. The summed E-state index contributed by atoms with van der Waals surface area (Å²) in [5.74, 6) is 1.32. The molecule has 1 unspecified atom stereocenters. The molecule has 30 heavy (non-hydrogen) atoms. The molecule has 3 N–H and O–H groups in total. The summed E-state index contributed by atoms with van der Waals surface area (Å²) in [4.78, 5) is 25.7. The van der Waals surface area contributed by atoms with Gasteiger partial charge in [0.15, 0.2) is 6.54 Å². The van der Waals surface area contributed by atoms with Crippen molar-refractivity contribution < 1.29 is 24.0 Å². The number of hydrogen-bond acceptors (Lipinski definition) is 4. The van der Waals surface area contributed by atoms with Gasteiger partial charge in [0.05, 0.1) is 26.3 Å². The molecular formula is C23H34N3O4+. The van der Waals surface area contributed by atoms with Crippen molar-refractivity contribution in [2.24, 2.45) is 0 Å². The lowest BCUT2D eigenvalue weighted by Gasteiger charge is -2.23. The van der Waals surface area contributed by atoms with Crippen molar-refractivity contribution >= 4 is 11.9 Å². The fraction of sp³-hybridized carbons (Fsp3) is 0.565. The predicted molar refractivity (Wildman–Crippen MR) is 115 cm³/mol. The maximum Gasteiger partial charge on any atom is 0.321 e. The van der Waals surface area contributed by atoms with Gasteiger partial charge in [-0.1, -0.05) is 11.6 Å². The number of carbonyl (C=O) groups is 2. The summed E-state index contributed by atoms with van der Waals surface area (Å²) in [6.07, 6.45) is 9.87. The van der Waals surface area contributed by atoms with E-state index >= 15 is 0 Å². The number of benzene rings is 1. The van der Waals surface area contributed by atoms with E-state index in [1.165, 1.54) is 18.4 Å². The molecule has 0 saturated carbocycles. The van der Waals surface area contributed by atoms with E-state index in [1.54, 1.807) is 14.2 Å². The number of amides is 3. The summed E-state index contributed by atoms with van der Waals surface area (Å²) in [6, 6.07) is 5.49. The first-order chi connectivity index (χ1) is 14.6. The van der Waals surface area contributed by atoms with Gasteiger partial charge >= 0.3 is 6.03 Å². The van der Waals surface area contributed by atoms with Gasteiger partial charge in [-0.3, -0.25) is 10.1 Å². The van der Waals surface area contributed by atoms with Gasteiger partial charge in [-0.2, -0.15) is 0 Å². The first kappa shape index (κ1) is 22.2. The van der Waals surface area contributed by atoms with Crippen LogP contribution in [0.2, 0.25) is 0 Å². The first-order valence-electron chi connectivity index (χ1n) is 10.9. The summed E-state index contributed by atoms with van der Waals surface area (Å²) >= 11 is 0. The van der Waals surface area contributed by atoms with E-state index in [-0.39, 0.29) is 18.5 Å². The maximum atomic E-state index is 12.5. The van der Waals surface area contributed by atoms with Crippen molar-refractivity contribution in [3.05, 3.63) is 35.4 Å². The van der Waals surface area contributed by atoms with Crippen LogP contribution in [0, 0.1) is 0 Å². The van der Waals surface area contributed by atoms with Crippen molar-refractivity contribution in [2.75, 3.05) is 33.9 Å². The lowest BCUT2D eigenvalue weighted by atomic mass is 9.97. The third-order valence-corrected chi connectivity index (χ3v) is 6.05. The van der Waals surface area contributed by atoms with Gasteiger partial charge in [-0.05, 0) is 50.3 Å². The molecule has 0 bridgehead atoms. The van der Waals surface area contributed by atoms with Crippen LogP contribution in [-0.4, -0.2) is 45.8 Å². The van der Waals surface area contributed by atoms with Crippen molar-refractivity contribution in [1.29, 1.82) is 0 Å². The molecule has 1 aliphatic carbocycles. The topological polar surface area (TPSA) is 81.1 Å². The standard InChI is InChI=1S/C23H33N3O4/c1-29-18-10-11-21(30-2)19(15-18)20-9-6-14-26(20)16-22(27)25-23(28)24-13-12-17-7-4-3-5-8-17/h7,10-11,15,20H,3-6,8-9,12-14,16H2,1-2H3,(H2,24,25,27,28)/p+1/t20-/m0/s1. The zero-order chi connectivity index (χ0) is 21.3. The fourth-order valence-corrected chi connectivity index (χ4v) is 4.50. The van der Waals surface area contributed by atoms with Gasteiger partial charge in [-0.25, -0.2) is 4.79 Å². The number of ether oxygens (including phenoxy) is 2. The van der Waals surface area contributed by atoms with E-state index in [0.717, 1.165) is 60.6 Å². The molecule has 1 heterocycles. The van der Waals surface area contributed by atoms with Gasteiger partial charge in [0, 0.05) is 19.4 Å². The highest BCUT2D eigenvalue weighted by molar-refractivity contribution is 5.94. The Labute approximate surface area is 178 Å². The number of allylic oxidation sites excluding steroid dienone is 1. The van der Waals surface area contributed by atoms with Crippen LogP contribution >= 0.6 is 0 Å². The molecular weight excluding hydrogens is 382 g/mol. The molecule has 1 aromatic carbocycles. The molecule has 1 aliphatic heterocycles. The Bertz CT molecular complexity index is 778. The first-order valence-corrected chi connectivity index (χ1v) is 10.9. The Hall–Kier alpha value is -2.54. The summed E-state index contributed by atoms with van der Waals surface area (Å²) in [5.41, 5.74) is 2.45. The summed E-state index contributed by atoms with van der Waals surface area (Å²) in [6.45, 7) is 1.70. The molecule has 0 spiro atoms. The zero-order valence-corrected chi connectivity index (χ0v) is 18.1. The van der Waals surface area contributed by atoms with Crippen LogP contribution < -0.4 is 25.0 Å². The Morgan fingerprint density at radius 2 is 2.03 bits per heavy atom. The molecule has 0 radical (unpaired) electrons. The van der Waals surface area contributed by atoms with E-state index < -0.39 is 6.03 Å². The molecule has 2 atom stereocenters. The number of carbonyl (C=O) groups excluding carboxylic acids is 2. The molecule has 0 aromatic heterocycles. The number of likely N-dealkylation sites (tertiary alicyclic amines) is 1. The number of imide groups is 1. The van der Waals surface area contributed by atoms with Crippen LogP contribution in [0.3, 0.4) is 0 Å². The Morgan fingerprint density at radius 1 is 1.17 bits per heavy atom. The number of nitrogens with one attached hydrogen (secondary N) is 3. The fourth-order valence-electron chi connectivity index (χ4n) is 4.50. The number of rotatable bonds is 8. The minimum absolute atomic E-state index is 0.141. The Kier molecular flexibility index (Phi) is 8.13. The van der Waals surface area contributed by atoms with Gasteiger partial charge in [0.2, 0.25) is 0 Å². The SMILES string of the molecule is COc1ccc(OC)c([C@@H]2CCC[NH+]2CC(=O)NC(=O)NCCC2=CCCCC2)c1. The van der Waals surface area contributed by atoms with Crippen molar-refractivity contribution in [3.8, 4) is 11.5 Å². The second-order valence-corrected chi connectivity index (χ2v) is 8.05. The number of hydrogen-bond donors (Lipinski definition) is 3. The van der Waals surface area contributed by atoms with Gasteiger partial charge in [-0.15, -0.1) is 0 Å². The highest BCUT2D eigenvalue weighted by Gasteiger charge is 2.34. The largest absolute Gasteiger partial charge is 0.497 e. The second-order valence-electron chi connectivity index (χ2n) is 8.05. The molecule has 7 nitrogen and oxygen atoms in total. The van der Waals surface area contributed by atoms with Crippen molar-refractivity contribution in [2.45, 2.75) is 51.0 Å². The van der Waals surface area contributed by atoms with Crippen LogP contribution in [0.1, 0.15) is 56.6 Å². The van der Waals surface area contributed by atoms with Crippen LogP contribution in [0.4, 0.5) is 4.79 Å². The molecule has 7 heteroatoms. The Morgan fingerprint density at radius 3 is 2.77 bits per heavy atom. The van der Waals surface area contributed by atoms with Crippen molar-refractivity contribution in [1.82, 2.24) is 10.6 Å². The highest BCUT2D eigenvalue weighted by atomic mass is 16.5. The van der Waals surface area contributed by atoms with E-state index in [4.69, 9.17) is 9.47 Å². The smallest absolute Gasteiger partial charge is 0.321 e. The van der Waals surface area contributed by atoms with E-state index in [0.29, 0.717) is 6.54 Å². The second kappa shape index (κ2) is 11.0. The van der Waals surface area contributed by atoms with Crippen LogP contribution in [0.5, 0.6) is 11.5 Å². The van der Waals surface area contributed by atoms with Gasteiger partial charge in [0.1, 0.15) is 17.5 Å². The molecule has 1 fully saturated rings. The molecule has 164 valence electrons. The summed E-state index contributed by atoms with van der Waals surface area (Å²) in [5, 5.41) is 5.29. The van der Waals surface area contributed by atoms with Crippen LogP contribution in [0.15, 0.2) is 29.8 Å². The Balaban J connectivity index is 1.50. The third kappa shape index (κ3) is 5.98. The summed E-state index contributed by atoms with van der Waals surface area (Å²) in [7, 11) is 3.29. The molecule has 3 amide bonds. The number of quaternary nitrogens is 1. The van der Waals surface area contributed by atoms with E-state index in [9.17, 15) is 9.59 Å². The summed E-state index contributed by atoms with van der Waals surface area (Å²) < 4.78 is 10.9. The average molecular weight is 417 g/mol. The van der Waals surface area contributed by atoms with E-state index in [2.05, 4.69) is 16.7 Å². The van der Waals surface area contributed by atoms with Gasteiger partial charge in [0.25, 0.3) is 5.91 Å².